The number of amidine groups is 1. The third-order valence-electron chi connectivity index (χ3n) is 4.81. The van der Waals surface area contributed by atoms with Gasteiger partial charge in [-0.2, -0.15) is 5.26 Å². The van der Waals surface area contributed by atoms with E-state index in [9.17, 15) is 10.1 Å². The van der Waals surface area contributed by atoms with Crippen molar-refractivity contribution in [1.29, 1.82) is 5.26 Å². The van der Waals surface area contributed by atoms with Gasteiger partial charge in [-0.1, -0.05) is 48.0 Å². The Morgan fingerprint density at radius 3 is 2.68 bits per heavy atom. The van der Waals surface area contributed by atoms with Crippen molar-refractivity contribution in [3.63, 3.8) is 0 Å². The van der Waals surface area contributed by atoms with Crippen LogP contribution in [0.2, 0.25) is 5.02 Å². The summed E-state index contributed by atoms with van der Waals surface area (Å²) in [7, 11) is 0. The Morgan fingerprint density at radius 1 is 1.09 bits per heavy atom. The zero-order valence-electron chi connectivity index (χ0n) is 18.2. The third kappa shape index (κ3) is 5.60. The minimum absolute atomic E-state index is 0.234. The first kappa shape index (κ1) is 23.4. The molecule has 170 valence electrons. The van der Waals surface area contributed by atoms with E-state index >= 15 is 0 Å². The Hall–Kier alpha value is -3.73. The van der Waals surface area contributed by atoms with Gasteiger partial charge < -0.3 is 14.8 Å². The van der Waals surface area contributed by atoms with Crippen molar-refractivity contribution < 1.29 is 14.3 Å². The average Bonchev–Trinajstić information content (AvgIpc) is 3.18. The molecule has 0 spiro atoms. The molecule has 0 radical (unpaired) electrons. The second-order valence-electron chi connectivity index (χ2n) is 7.13. The average molecular weight is 490 g/mol. The van der Waals surface area contributed by atoms with E-state index in [-0.39, 0.29) is 12.5 Å². The van der Waals surface area contributed by atoms with Crippen LogP contribution >= 0.6 is 23.4 Å². The van der Waals surface area contributed by atoms with E-state index in [1.54, 1.807) is 30.3 Å². The molecule has 0 saturated carbocycles. The van der Waals surface area contributed by atoms with Crippen LogP contribution in [0.5, 0.6) is 11.5 Å². The highest BCUT2D eigenvalue weighted by Gasteiger charge is 2.24. The molecule has 8 heteroatoms. The lowest BCUT2D eigenvalue weighted by Crippen LogP contribution is -2.19. The van der Waals surface area contributed by atoms with Crippen molar-refractivity contribution in [3.05, 3.63) is 93.3 Å². The minimum Gasteiger partial charge on any atom is -0.490 e. The second-order valence-corrected chi connectivity index (χ2v) is 8.57. The Bertz CT molecular complexity index is 1330. The summed E-state index contributed by atoms with van der Waals surface area (Å²) in [4.78, 5) is 17.4. The highest BCUT2D eigenvalue weighted by molar-refractivity contribution is 8.18. The summed E-state index contributed by atoms with van der Waals surface area (Å²) in [6, 6.07) is 22.1. The molecule has 1 N–H and O–H groups in total. The lowest BCUT2D eigenvalue weighted by atomic mass is 10.1. The van der Waals surface area contributed by atoms with Crippen LogP contribution in [0.3, 0.4) is 0 Å². The summed E-state index contributed by atoms with van der Waals surface area (Å²) in [6.45, 7) is 2.58. The molecular formula is C26H20ClN3O3S. The van der Waals surface area contributed by atoms with Gasteiger partial charge >= 0.3 is 0 Å². The second kappa shape index (κ2) is 10.9. The number of carbonyl (C=O) groups is 1. The molecule has 1 heterocycles. The topological polar surface area (TPSA) is 83.7 Å². The molecule has 3 aromatic rings. The number of halogens is 1. The molecular weight excluding hydrogens is 470 g/mol. The van der Waals surface area contributed by atoms with Gasteiger partial charge in [-0.3, -0.25) is 4.79 Å². The summed E-state index contributed by atoms with van der Waals surface area (Å²) in [5, 5.41) is 13.0. The molecule has 1 aliphatic heterocycles. The predicted molar refractivity (Wildman–Crippen MR) is 135 cm³/mol. The van der Waals surface area contributed by atoms with Crippen LogP contribution in [0.15, 0.2) is 76.6 Å². The van der Waals surface area contributed by atoms with Crippen molar-refractivity contribution in [2.75, 3.05) is 6.61 Å². The van der Waals surface area contributed by atoms with Gasteiger partial charge in [-0.15, -0.1) is 0 Å². The number of nitriles is 1. The van der Waals surface area contributed by atoms with Crippen LogP contribution in [0.25, 0.3) is 6.08 Å². The Balaban J connectivity index is 1.53. The third-order valence-corrected chi connectivity index (χ3v) is 6.04. The van der Waals surface area contributed by atoms with Gasteiger partial charge in [0.15, 0.2) is 16.7 Å². The SMILES string of the molecule is CCOc1cc(C=C2SC(=Nc3ccccc3Cl)NC2=O)ccc1OCc1ccccc1C#N. The molecule has 0 aliphatic carbocycles. The fraction of sp³-hybridized carbons (Fsp3) is 0.115. The van der Waals surface area contributed by atoms with Crippen LogP contribution in [-0.4, -0.2) is 17.7 Å². The quantitative estimate of drug-likeness (QED) is 0.406. The Kier molecular flexibility index (Phi) is 7.53. The number of carbonyl (C=O) groups excluding carboxylic acids is 1. The van der Waals surface area contributed by atoms with Crippen molar-refractivity contribution in [2.45, 2.75) is 13.5 Å². The number of hydrogen-bond acceptors (Lipinski definition) is 6. The summed E-state index contributed by atoms with van der Waals surface area (Å²) >= 11 is 7.40. The summed E-state index contributed by atoms with van der Waals surface area (Å²) < 4.78 is 11.7. The van der Waals surface area contributed by atoms with E-state index in [2.05, 4.69) is 16.4 Å². The fourth-order valence-electron chi connectivity index (χ4n) is 3.20. The Labute approximate surface area is 206 Å². The van der Waals surface area contributed by atoms with Gasteiger partial charge in [-0.25, -0.2) is 4.99 Å². The molecule has 0 bridgehead atoms. The van der Waals surface area contributed by atoms with Gasteiger partial charge in [-0.05, 0) is 60.7 Å². The number of nitrogens with one attached hydrogen (secondary N) is 1. The van der Waals surface area contributed by atoms with E-state index in [1.165, 1.54) is 11.8 Å². The van der Waals surface area contributed by atoms with Crippen molar-refractivity contribution in [2.24, 2.45) is 4.99 Å². The molecule has 1 fully saturated rings. The lowest BCUT2D eigenvalue weighted by Gasteiger charge is -2.13. The lowest BCUT2D eigenvalue weighted by molar-refractivity contribution is -0.115. The highest BCUT2D eigenvalue weighted by Crippen LogP contribution is 2.34. The first-order valence-electron chi connectivity index (χ1n) is 10.5. The molecule has 0 atom stereocenters. The van der Waals surface area contributed by atoms with Crippen LogP contribution in [0.4, 0.5) is 5.69 Å². The maximum absolute atomic E-state index is 12.5. The molecule has 6 nitrogen and oxygen atoms in total. The molecule has 4 rings (SSSR count). The number of ether oxygens (including phenoxy) is 2. The van der Waals surface area contributed by atoms with Crippen molar-refractivity contribution in [3.8, 4) is 17.6 Å². The summed E-state index contributed by atoms with van der Waals surface area (Å²) in [5.74, 6) is 0.878. The monoisotopic (exact) mass is 489 g/mol. The molecule has 0 unspecified atom stereocenters. The fourth-order valence-corrected chi connectivity index (χ4v) is 4.21. The maximum atomic E-state index is 12.5. The minimum atomic E-state index is -0.234. The number of benzene rings is 3. The molecule has 1 aliphatic rings. The molecule has 34 heavy (non-hydrogen) atoms. The van der Waals surface area contributed by atoms with Crippen LogP contribution in [0, 0.1) is 11.3 Å². The van der Waals surface area contributed by atoms with Gasteiger partial charge in [0.2, 0.25) is 0 Å². The zero-order chi connectivity index (χ0) is 23.9. The van der Waals surface area contributed by atoms with E-state index < -0.39 is 0 Å². The molecule has 0 aromatic heterocycles. The van der Waals surface area contributed by atoms with Crippen LogP contribution < -0.4 is 14.8 Å². The Morgan fingerprint density at radius 2 is 1.88 bits per heavy atom. The molecule has 1 amide bonds. The number of rotatable bonds is 7. The largest absolute Gasteiger partial charge is 0.490 e. The molecule has 1 saturated heterocycles. The van der Waals surface area contributed by atoms with Crippen LogP contribution in [0.1, 0.15) is 23.6 Å². The number of aliphatic imine (C=N–C) groups is 1. The van der Waals surface area contributed by atoms with E-state index in [0.717, 1.165) is 11.1 Å². The first-order chi connectivity index (χ1) is 16.6. The smallest absolute Gasteiger partial charge is 0.264 e. The van der Waals surface area contributed by atoms with Gasteiger partial charge in [0.25, 0.3) is 5.91 Å². The predicted octanol–water partition coefficient (Wildman–Crippen LogP) is 6.08. The van der Waals surface area contributed by atoms with E-state index in [1.807, 2.05) is 49.4 Å². The zero-order valence-corrected chi connectivity index (χ0v) is 19.8. The molecule has 3 aromatic carbocycles. The van der Waals surface area contributed by atoms with Crippen molar-refractivity contribution >= 4 is 46.2 Å². The van der Waals surface area contributed by atoms with Gasteiger partial charge in [0, 0.05) is 5.56 Å². The van der Waals surface area contributed by atoms with E-state index in [0.29, 0.717) is 44.5 Å². The standard InChI is InChI=1S/C26H20ClN3O3S/c1-2-32-23-13-17(11-12-22(23)33-16-19-8-4-3-7-18(19)15-28)14-24-25(31)30-26(34-24)29-21-10-6-5-9-20(21)27/h3-14H,2,16H2,1H3,(H,29,30,31). The highest BCUT2D eigenvalue weighted by atomic mass is 35.5. The maximum Gasteiger partial charge on any atom is 0.264 e. The van der Waals surface area contributed by atoms with Gasteiger partial charge in [0.1, 0.15) is 6.61 Å². The van der Waals surface area contributed by atoms with Gasteiger partial charge in [0.05, 0.1) is 33.9 Å². The normalized spacial score (nSPS) is 15.3. The number of para-hydroxylation sites is 1. The first-order valence-corrected chi connectivity index (χ1v) is 11.7. The number of thioether (sulfide) groups is 1. The van der Waals surface area contributed by atoms with E-state index in [4.69, 9.17) is 21.1 Å². The summed E-state index contributed by atoms with van der Waals surface area (Å²) in [5.41, 5.74) is 2.74. The number of nitrogens with zero attached hydrogens (tertiary/aromatic N) is 2. The summed E-state index contributed by atoms with van der Waals surface area (Å²) in [6.07, 6.45) is 1.77. The number of hydrogen-bond donors (Lipinski definition) is 1. The number of amides is 1. The van der Waals surface area contributed by atoms with Crippen LogP contribution in [-0.2, 0) is 11.4 Å². The van der Waals surface area contributed by atoms with Crippen molar-refractivity contribution in [1.82, 2.24) is 5.32 Å².